The zero-order chi connectivity index (χ0) is 22.5. The number of aryl methyl sites for hydroxylation is 1. The van der Waals surface area contributed by atoms with Gasteiger partial charge in [0, 0.05) is 34.8 Å². The van der Waals surface area contributed by atoms with E-state index < -0.39 is 29.7 Å². The number of aromatic nitrogens is 2. The SMILES string of the molecule is CCc1cn([C@@H]2CC(O)[C@H](CCCNC(=O)Cc3c(Cl)cccc3Cl)O2)c(=O)[nH]c1=O. The number of nitrogens with zero attached hydrogens (tertiary/aromatic N) is 1. The van der Waals surface area contributed by atoms with Crippen LogP contribution < -0.4 is 16.6 Å². The average Bonchev–Trinajstić information content (AvgIpc) is 3.08. The molecule has 3 rings (SSSR count). The van der Waals surface area contributed by atoms with Crippen molar-refractivity contribution in [3.05, 3.63) is 66.4 Å². The van der Waals surface area contributed by atoms with Crippen molar-refractivity contribution in [2.75, 3.05) is 6.54 Å². The maximum absolute atomic E-state index is 12.2. The van der Waals surface area contributed by atoms with Crippen LogP contribution in [0.25, 0.3) is 0 Å². The minimum Gasteiger partial charge on any atom is -0.390 e. The number of aliphatic hydroxyl groups excluding tert-OH is 1. The number of amides is 1. The van der Waals surface area contributed by atoms with Gasteiger partial charge >= 0.3 is 5.69 Å². The number of carbonyl (C=O) groups excluding carboxylic acids is 1. The van der Waals surface area contributed by atoms with Gasteiger partial charge in [-0.05, 0) is 37.0 Å². The number of ether oxygens (including phenoxy) is 1. The summed E-state index contributed by atoms with van der Waals surface area (Å²) in [5.41, 5.74) is 0.0826. The Kier molecular flexibility index (Phi) is 7.94. The molecule has 1 aromatic heterocycles. The van der Waals surface area contributed by atoms with Gasteiger partial charge in [-0.3, -0.25) is 19.1 Å². The van der Waals surface area contributed by atoms with Crippen LogP contribution >= 0.6 is 23.2 Å². The molecule has 0 saturated carbocycles. The van der Waals surface area contributed by atoms with Crippen molar-refractivity contribution < 1.29 is 14.6 Å². The monoisotopic (exact) mass is 469 g/mol. The minimum atomic E-state index is -0.744. The van der Waals surface area contributed by atoms with E-state index in [1.54, 1.807) is 18.2 Å². The first-order valence-corrected chi connectivity index (χ1v) is 10.9. The first kappa shape index (κ1) is 23.5. The zero-order valence-electron chi connectivity index (χ0n) is 17.1. The second-order valence-corrected chi connectivity index (χ2v) is 8.29. The number of halogens is 2. The van der Waals surface area contributed by atoms with Gasteiger partial charge in [0.2, 0.25) is 5.91 Å². The number of aliphatic hydroxyl groups is 1. The molecule has 1 fully saturated rings. The largest absolute Gasteiger partial charge is 0.390 e. The highest BCUT2D eigenvalue weighted by Crippen LogP contribution is 2.30. The van der Waals surface area contributed by atoms with Crippen molar-refractivity contribution in [2.45, 2.75) is 57.5 Å². The summed E-state index contributed by atoms with van der Waals surface area (Å²) < 4.78 is 7.18. The van der Waals surface area contributed by atoms with Gasteiger partial charge in [0.05, 0.1) is 18.6 Å². The highest BCUT2D eigenvalue weighted by molar-refractivity contribution is 6.36. The van der Waals surface area contributed by atoms with Crippen LogP contribution in [0.4, 0.5) is 0 Å². The van der Waals surface area contributed by atoms with Crippen LogP contribution in [-0.2, 0) is 22.4 Å². The van der Waals surface area contributed by atoms with Gasteiger partial charge in [-0.2, -0.15) is 0 Å². The molecule has 0 radical (unpaired) electrons. The Morgan fingerprint density at radius 2 is 2.03 bits per heavy atom. The second-order valence-electron chi connectivity index (χ2n) is 7.48. The molecule has 31 heavy (non-hydrogen) atoms. The molecule has 168 valence electrons. The summed E-state index contributed by atoms with van der Waals surface area (Å²) in [6.07, 6.45) is 1.52. The fraction of sp³-hybridized carbons (Fsp3) is 0.476. The molecule has 3 atom stereocenters. The fourth-order valence-corrected chi connectivity index (χ4v) is 4.13. The van der Waals surface area contributed by atoms with E-state index in [2.05, 4.69) is 10.3 Å². The third kappa shape index (κ3) is 5.77. The highest BCUT2D eigenvalue weighted by Gasteiger charge is 2.35. The maximum Gasteiger partial charge on any atom is 0.330 e. The Bertz CT molecular complexity index is 1030. The Morgan fingerprint density at radius 1 is 1.32 bits per heavy atom. The van der Waals surface area contributed by atoms with Crippen molar-refractivity contribution in [2.24, 2.45) is 0 Å². The van der Waals surface area contributed by atoms with Crippen molar-refractivity contribution in [3.63, 3.8) is 0 Å². The second kappa shape index (κ2) is 10.5. The Morgan fingerprint density at radius 3 is 2.71 bits per heavy atom. The first-order chi connectivity index (χ1) is 14.8. The summed E-state index contributed by atoms with van der Waals surface area (Å²) in [4.78, 5) is 38.3. The van der Waals surface area contributed by atoms with E-state index in [1.165, 1.54) is 10.8 Å². The van der Waals surface area contributed by atoms with Crippen molar-refractivity contribution in [1.29, 1.82) is 0 Å². The van der Waals surface area contributed by atoms with Gasteiger partial charge < -0.3 is 15.2 Å². The Balaban J connectivity index is 1.49. The molecule has 1 saturated heterocycles. The average molecular weight is 470 g/mol. The molecule has 0 aliphatic carbocycles. The molecule has 10 heteroatoms. The van der Waals surface area contributed by atoms with E-state index in [4.69, 9.17) is 27.9 Å². The molecule has 1 unspecified atom stereocenters. The van der Waals surface area contributed by atoms with Crippen molar-refractivity contribution in [3.8, 4) is 0 Å². The van der Waals surface area contributed by atoms with Crippen LogP contribution in [0.5, 0.6) is 0 Å². The lowest BCUT2D eigenvalue weighted by atomic mass is 10.1. The summed E-state index contributed by atoms with van der Waals surface area (Å²) in [5.74, 6) is -0.201. The zero-order valence-corrected chi connectivity index (χ0v) is 18.6. The molecular weight excluding hydrogens is 445 g/mol. The summed E-state index contributed by atoms with van der Waals surface area (Å²) >= 11 is 12.2. The van der Waals surface area contributed by atoms with Gasteiger partial charge in [0.25, 0.3) is 5.56 Å². The summed E-state index contributed by atoms with van der Waals surface area (Å²) in [7, 11) is 0. The predicted molar refractivity (Wildman–Crippen MR) is 118 cm³/mol. The standard InChI is InChI=1S/C21H25Cl2N3O5/c1-2-12-11-26(21(30)25-20(12)29)19-10-16(27)17(31-19)7-4-8-24-18(28)9-13-14(22)5-3-6-15(13)23/h3,5-6,11,16-17,19,27H,2,4,7-10H2,1H3,(H,24,28)(H,25,29,30)/t16?,17-,19-/m0/s1. The summed E-state index contributed by atoms with van der Waals surface area (Å²) in [5, 5.41) is 14.0. The maximum atomic E-state index is 12.2. The van der Waals surface area contributed by atoms with Crippen molar-refractivity contribution in [1.82, 2.24) is 14.9 Å². The number of hydrogen-bond acceptors (Lipinski definition) is 5. The van der Waals surface area contributed by atoms with Gasteiger partial charge in [0.1, 0.15) is 6.23 Å². The molecule has 1 amide bonds. The molecule has 0 bridgehead atoms. The number of rotatable bonds is 8. The number of carbonyl (C=O) groups is 1. The van der Waals surface area contributed by atoms with E-state index in [9.17, 15) is 19.5 Å². The third-order valence-corrected chi connectivity index (χ3v) is 6.03. The third-order valence-electron chi connectivity index (χ3n) is 5.32. The first-order valence-electron chi connectivity index (χ1n) is 10.2. The minimum absolute atomic E-state index is 0.0814. The normalized spacial score (nSPS) is 20.7. The lowest BCUT2D eigenvalue weighted by Gasteiger charge is -2.16. The summed E-state index contributed by atoms with van der Waals surface area (Å²) in [6, 6.07) is 5.08. The molecule has 0 spiro atoms. The number of benzene rings is 1. The molecule has 1 aromatic carbocycles. The van der Waals surface area contributed by atoms with E-state index in [0.717, 1.165) is 0 Å². The lowest BCUT2D eigenvalue weighted by molar-refractivity contribution is -0.120. The van der Waals surface area contributed by atoms with Crippen LogP contribution in [-0.4, -0.2) is 39.3 Å². The molecule has 2 heterocycles. The molecule has 2 aromatic rings. The van der Waals surface area contributed by atoms with Crippen LogP contribution in [0.1, 0.15) is 43.5 Å². The topological polar surface area (TPSA) is 113 Å². The van der Waals surface area contributed by atoms with Crippen LogP contribution in [0.15, 0.2) is 34.0 Å². The lowest BCUT2D eigenvalue weighted by Crippen LogP contribution is -2.34. The van der Waals surface area contributed by atoms with Crippen LogP contribution in [0, 0.1) is 0 Å². The van der Waals surface area contributed by atoms with E-state index in [1.807, 2.05) is 6.92 Å². The number of aromatic amines is 1. The molecule has 8 nitrogen and oxygen atoms in total. The van der Waals surface area contributed by atoms with Gasteiger partial charge in [-0.25, -0.2) is 4.79 Å². The highest BCUT2D eigenvalue weighted by atomic mass is 35.5. The number of H-pyrrole nitrogens is 1. The molecule has 1 aliphatic rings. The smallest absolute Gasteiger partial charge is 0.330 e. The Labute approximate surface area is 189 Å². The van der Waals surface area contributed by atoms with E-state index >= 15 is 0 Å². The van der Waals surface area contributed by atoms with Crippen LogP contribution in [0.3, 0.4) is 0 Å². The Hall–Kier alpha value is -2.13. The van der Waals surface area contributed by atoms with Gasteiger partial charge in [-0.1, -0.05) is 36.2 Å². The number of hydrogen-bond donors (Lipinski definition) is 3. The number of nitrogens with one attached hydrogen (secondary N) is 2. The quantitative estimate of drug-likeness (QED) is 0.512. The van der Waals surface area contributed by atoms with E-state index in [0.29, 0.717) is 47.0 Å². The van der Waals surface area contributed by atoms with Gasteiger partial charge in [-0.15, -0.1) is 0 Å². The van der Waals surface area contributed by atoms with Crippen LogP contribution in [0.2, 0.25) is 10.0 Å². The molecular formula is C21H25Cl2N3O5. The fourth-order valence-electron chi connectivity index (χ4n) is 3.59. The van der Waals surface area contributed by atoms with Crippen molar-refractivity contribution >= 4 is 29.1 Å². The molecule has 3 N–H and O–H groups in total. The molecule has 1 aliphatic heterocycles. The van der Waals surface area contributed by atoms with Gasteiger partial charge in [0.15, 0.2) is 0 Å². The van der Waals surface area contributed by atoms with E-state index in [-0.39, 0.29) is 18.7 Å². The predicted octanol–water partition coefficient (Wildman–Crippen LogP) is 2.19. The summed E-state index contributed by atoms with van der Waals surface area (Å²) in [6.45, 7) is 2.22.